The smallest absolute Gasteiger partial charge is 0.410 e. The SMILES string of the molecule is CC(C)(C)OC(=O)N1CCC(S(=O)(=O)N2CCC2)CC1. The Kier molecular flexibility index (Phi) is 4.30. The lowest BCUT2D eigenvalue weighted by molar-refractivity contribution is 0.0216. The molecule has 0 N–H and O–H groups in total. The Morgan fingerprint density at radius 3 is 2.05 bits per heavy atom. The maximum absolute atomic E-state index is 12.3. The van der Waals surface area contributed by atoms with Crippen LogP contribution in [0, 0.1) is 0 Å². The molecule has 0 atom stereocenters. The van der Waals surface area contributed by atoms with Gasteiger partial charge in [0.05, 0.1) is 5.25 Å². The summed E-state index contributed by atoms with van der Waals surface area (Å²) in [5.41, 5.74) is -0.516. The van der Waals surface area contributed by atoms with Crippen LogP contribution in [0.4, 0.5) is 4.79 Å². The summed E-state index contributed by atoms with van der Waals surface area (Å²) in [5.74, 6) is 0. The number of likely N-dealkylation sites (tertiary alicyclic amines) is 1. The van der Waals surface area contributed by atoms with Crippen molar-refractivity contribution in [2.75, 3.05) is 26.2 Å². The van der Waals surface area contributed by atoms with Gasteiger partial charge in [0.2, 0.25) is 10.0 Å². The second kappa shape index (κ2) is 5.52. The molecule has 0 aromatic heterocycles. The van der Waals surface area contributed by atoms with Crippen LogP contribution < -0.4 is 0 Å². The van der Waals surface area contributed by atoms with Crippen molar-refractivity contribution in [3.8, 4) is 0 Å². The lowest BCUT2D eigenvalue weighted by Crippen LogP contribution is -2.51. The highest BCUT2D eigenvalue weighted by atomic mass is 32.2. The summed E-state index contributed by atoms with van der Waals surface area (Å²) in [6.45, 7) is 7.67. The predicted molar refractivity (Wildman–Crippen MR) is 75.9 cm³/mol. The monoisotopic (exact) mass is 304 g/mol. The van der Waals surface area contributed by atoms with Crippen LogP contribution in [0.3, 0.4) is 0 Å². The second-order valence-electron chi connectivity index (χ2n) is 6.46. The van der Waals surface area contributed by atoms with Gasteiger partial charge in [-0.3, -0.25) is 0 Å². The first-order valence-electron chi connectivity index (χ1n) is 7.17. The normalized spacial score (nSPS) is 22.4. The Labute approximate surface area is 121 Å². The lowest BCUT2D eigenvalue weighted by atomic mass is 10.1. The number of nitrogens with zero attached hydrogens (tertiary/aromatic N) is 2. The summed E-state index contributed by atoms with van der Waals surface area (Å²) in [7, 11) is -3.16. The largest absolute Gasteiger partial charge is 0.444 e. The van der Waals surface area contributed by atoms with Gasteiger partial charge in [-0.2, -0.15) is 0 Å². The number of sulfonamides is 1. The molecular weight excluding hydrogens is 280 g/mol. The van der Waals surface area contributed by atoms with Crippen LogP contribution >= 0.6 is 0 Å². The van der Waals surface area contributed by atoms with Crippen molar-refractivity contribution in [1.82, 2.24) is 9.21 Å². The van der Waals surface area contributed by atoms with Crippen LogP contribution in [0.5, 0.6) is 0 Å². The van der Waals surface area contributed by atoms with Gasteiger partial charge in [-0.1, -0.05) is 0 Å². The molecular formula is C13H24N2O4S. The van der Waals surface area contributed by atoms with E-state index in [4.69, 9.17) is 4.74 Å². The first-order chi connectivity index (χ1) is 9.20. The van der Waals surface area contributed by atoms with Gasteiger partial charge in [-0.25, -0.2) is 17.5 Å². The minimum Gasteiger partial charge on any atom is -0.444 e. The van der Waals surface area contributed by atoms with Gasteiger partial charge in [-0.15, -0.1) is 0 Å². The zero-order chi connectivity index (χ0) is 15.0. The Morgan fingerprint density at radius 1 is 1.10 bits per heavy atom. The van der Waals surface area contributed by atoms with Crippen molar-refractivity contribution >= 4 is 16.1 Å². The van der Waals surface area contributed by atoms with Gasteiger partial charge in [-0.05, 0) is 40.0 Å². The molecule has 2 rings (SSSR count). The van der Waals surface area contributed by atoms with Crippen molar-refractivity contribution in [3.05, 3.63) is 0 Å². The fourth-order valence-electron chi connectivity index (χ4n) is 2.42. The van der Waals surface area contributed by atoms with E-state index in [0.717, 1.165) is 6.42 Å². The quantitative estimate of drug-likeness (QED) is 0.774. The molecule has 0 aliphatic carbocycles. The van der Waals surface area contributed by atoms with Crippen LogP contribution in [0.25, 0.3) is 0 Å². The van der Waals surface area contributed by atoms with E-state index in [1.54, 1.807) is 9.21 Å². The van der Waals surface area contributed by atoms with Gasteiger partial charge in [0.1, 0.15) is 5.60 Å². The maximum atomic E-state index is 12.3. The van der Waals surface area contributed by atoms with E-state index in [2.05, 4.69) is 0 Å². The van der Waals surface area contributed by atoms with Crippen molar-refractivity contribution in [1.29, 1.82) is 0 Å². The summed E-state index contributed by atoms with van der Waals surface area (Å²) >= 11 is 0. The number of amides is 1. The number of carbonyl (C=O) groups excluding carboxylic acids is 1. The van der Waals surface area contributed by atoms with Crippen LogP contribution in [0.2, 0.25) is 0 Å². The molecule has 0 aromatic carbocycles. The van der Waals surface area contributed by atoms with E-state index in [0.29, 0.717) is 39.0 Å². The molecule has 2 fully saturated rings. The van der Waals surface area contributed by atoms with Gasteiger partial charge in [0.25, 0.3) is 0 Å². The molecule has 20 heavy (non-hydrogen) atoms. The molecule has 2 aliphatic heterocycles. The van der Waals surface area contributed by atoms with Crippen LogP contribution in [0.1, 0.15) is 40.0 Å². The third kappa shape index (κ3) is 3.44. The van der Waals surface area contributed by atoms with E-state index in [9.17, 15) is 13.2 Å². The van der Waals surface area contributed by atoms with Crippen LogP contribution in [-0.2, 0) is 14.8 Å². The minimum absolute atomic E-state index is 0.346. The van der Waals surface area contributed by atoms with Crippen molar-refractivity contribution in [2.45, 2.75) is 50.9 Å². The predicted octanol–water partition coefficient (Wildman–Crippen LogP) is 1.42. The minimum atomic E-state index is -3.16. The Hall–Kier alpha value is -0.820. The summed E-state index contributed by atoms with van der Waals surface area (Å²) in [6, 6.07) is 0. The van der Waals surface area contributed by atoms with E-state index < -0.39 is 15.6 Å². The average molecular weight is 304 g/mol. The highest BCUT2D eigenvalue weighted by Gasteiger charge is 2.38. The summed E-state index contributed by atoms with van der Waals surface area (Å²) in [5, 5.41) is -0.346. The molecule has 7 heteroatoms. The van der Waals surface area contributed by atoms with Crippen molar-refractivity contribution < 1.29 is 17.9 Å². The zero-order valence-corrected chi connectivity index (χ0v) is 13.3. The standard InChI is InChI=1S/C13H24N2O4S/c1-13(2,3)19-12(16)14-9-5-11(6-10-14)20(17,18)15-7-4-8-15/h11H,4-10H2,1-3H3. The highest BCUT2D eigenvalue weighted by Crippen LogP contribution is 2.25. The molecule has 116 valence electrons. The number of carbonyl (C=O) groups is 1. The summed E-state index contributed by atoms with van der Waals surface area (Å²) in [6.07, 6.45) is 1.60. The number of hydrogen-bond acceptors (Lipinski definition) is 4. The molecule has 6 nitrogen and oxygen atoms in total. The van der Waals surface area contributed by atoms with E-state index in [1.165, 1.54) is 0 Å². The number of piperidine rings is 1. The first-order valence-corrected chi connectivity index (χ1v) is 8.67. The summed E-state index contributed by atoms with van der Waals surface area (Å²) < 4.78 is 31.4. The molecule has 0 spiro atoms. The van der Waals surface area contributed by atoms with Crippen molar-refractivity contribution in [2.24, 2.45) is 0 Å². The molecule has 2 aliphatic rings. The third-order valence-electron chi connectivity index (χ3n) is 3.69. The zero-order valence-electron chi connectivity index (χ0n) is 12.5. The molecule has 2 saturated heterocycles. The molecule has 0 aromatic rings. The lowest BCUT2D eigenvalue weighted by Gasteiger charge is -2.37. The van der Waals surface area contributed by atoms with E-state index in [-0.39, 0.29) is 11.3 Å². The van der Waals surface area contributed by atoms with Gasteiger partial charge < -0.3 is 9.64 Å². The number of ether oxygens (including phenoxy) is 1. The van der Waals surface area contributed by atoms with Crippen LogP contribution in [-0.4, -0.2) is 60.7 Å². The average Bonchev–Trinajstić information content (AvgIpc) is 2.24. The Balaban J connectivity index is 1.87. The van der Waals surface area contributed by atoms with Gasteiger partial charge in [0.15, 0.2) is 0 Å². The fourth-order valence-corrected chi connectivity index (χ4v) is 4.41. The molecule has 1 amide bonds. The third-order valence-corrected chi connectivity index (χ3v) is 6.09. The van der Waals surface area contributed by atoms with E-state index >= 15 is 0 Å². The van der Waals surface area contributed by atoms with Gasteiger partial charge in [0, 0.05) is 26.2 Å². The topological polar surface area (TPSA) is 66.9 Å². The molecule has 2 heterocycles. The molecule has 0 radical (unpaired) electrons. The molecule has 0 unspecified atom stereocenters. The number of rotatable bonds is 2. The highest BCUT2D eigenvalue weighted by molar-refractivity contribution is 7.89. The first kappa shape index (κ1) is 15.6. The fraction of sp³-hybridized carbons (Fsp3) is 0.923. The maximum Gasteiger partial charge on any atom is 0.410 e. The Morgan fingerprint density at radius 2 is 1.65 bits per heavy atom. The van der Waals surface area contributed by atoms with Gasteiger partial charge >= 0.3 is 6.09 Å². The van der Waals surface area contributed by atoms with E-state index in [1.807, 2.05) is 20.8 Å². The van der Waals surface area contributed by atoms with Crippen LogP contribution in [0.15, 0.2) is 0 Å². The second-order valence-corrected chi connectivity index (χ2v) is 8.68. The summed E-state index contributed by atoms with van der Waals surface area (Å²) in [4.78, 5) is 13.5. The molecule has 0 saturated carbocycles. The Bertz CT molecular complexity index is 457. The molecule has 0 bridgehead atoms. The van der Waals surface area contributed by atoms with Crippen molar-refractivity contribution in [3.63, 3.8) is 0 Å². The number of hydrogen-bond donors (Lipinski definition) is 0.